The summed E-state index contributed by atoms with van der Waals surface area (Å²) < 4.78 is 26.5. The molecule has 1 heterocycles. The van der Waals surface area contributed by atoms with E-state index >= 15 is 0 Å². The molecule has 1 unspecified atom stereocenters. The SMILES string of the molecule is NC(CC(=O)O)c1cnc(NS(=O)(=O)c2ccc(Cl)cc2)nc1. The topological polar surface area (TPSA) is 135 Å². The fourth-order valence-electron chi connectivity index (χ4n) is 1.68. The normalized spacial score (nSPS) is 12.6. The summed E-state index contributed by atoms with van der Waals surface area (Å²) in [5.74, 6) is -1.20. The van der Waals surface area contributed by atoms with Crippen LogP contribution in [0.2, 0.25) is 5.02 Å². The van der Waals surface area contributed by atoms with Crippen LogP contribution in [0.5, 0.6) is 0 Å². The second kappa shape index (κ2) is 6.90. The third kappa shape index (κ3) is 4.62. The number of halogens is 1. The van der Waals surface area contributed by atoms with Crippen LogP contribution in [-0.2, 0) is 14.8 Å². The Morgan fingerprint density at radius 1 is 1.26 bits per heavy atom. The van der Waals surface area contributed by atoms with E-state index in [9.17, 15) is 13.2 Å². The number of carboxylic acids is 1. The van der Waals surface area contributed by atoms with Crippen LogP contribution in [0.4, 0.5) is 5.95 Å². The fourth-order valence-corrected chi connectivity index (χ4v) is 2.77. The van der Waals surface area contributed by atoms with Gasteiger partial charge in [-0.2, -0.15) is 0 Å². The fraction of sp³-hybridized carbons (Fsp3) is 0.154. The van der Waals surface area contributed by atoms with Crippen molar-refractivity contribution in [2.24, 2.45) is 5.73 Å². The zero-order valence-electron chi connectivity index (χ0n) is 11.7. The van der Waals surface area contributed by atoms with E-state index in [1.807, 2.05) is 0 Å². The van der Waals surface area contributed by atoms with E-state index in [4.69, 9.17) is 22.4 Å². The zero-order valence-corrected chi connectivity index (χ0v) is 13.3. The summed E-state index contributed by atoms with van der Waals surface area (Å²) in [6.07, 6.45) is 2.28. The number of benzene rings is 1. The lowest BCUT2D eigenvalue weighted by Crippen LogP contribution is -2.17. The summed E-state index contributed by atoms with van der Waals surface area (Å²) >= 11 is 5.71. The number of carbonyl (C=O) groups is 1. The summed E-state index contributed by atoms with van der Waals surface area (Å²) in [6.45, 7) is 0. The monoisotopic (exact) mass is 356 g/mol. The van der Waals surface area contributed by atoms with Crippen molar-refractivity contribution >= 4 is 33.5 Å². The molecule has 10 heteroatoms. The van der Waals surface area contributed by atoms with E-state index in [2.05, 4.69) is 14.7 Å². The van der Waals surface area contributed by atoms with Gasteiger partial charge in [-0.05, 0) is 24.3 Å². The smallest absolute Gasteiger partial charge is 0.305 e. The van der Waals surface area contributed by atoms with Crippen molar-refractivity contribution in [2.75, 3.05) is 4.72 Å². The highest BCUT2D eigenvalue weighted by Gasteiger charge is 2.16. The molecule has 0 bridgehead atoms. The number of anilines is 1. The first-order chi connectivity index (χ1) is 10.8. The summed E-state index contributed by atoms with van der Waals surface area (Å²) in [5.41, 5.74) is 6.06. The van der Waals surface area contributed by atoms with Gasteiger partial charge in [-0.1, -0.05) is 11.6 Å². The van der Waals surface area contributed by atoms with E-state index < -0.39 is 22.0 Å². The summed E-state index contributed by atoms with van der Waals surface area (Å²) in [7, 11) is -3.84. The molecule has 122 valence electrons. The van der Waals surface area contributed by atoms with Gasteiger partial charge in [0.2, 0.25) is 5.95 Å². The van der Waals surface area contributed by atoms with Crippen LogP contribution in [0.3, 0.4) is 0 Å². The first-order valence-electron chi connectivity index (χ1n) is 6.35. The van der Waals surface area contributed by atoms with Crippen LogP contribution in [-0.4, -0.2) is 29.5 Å². The van der Waals surface area contributed by atoms with E-state index in [-0.39, 0.29) is 17.3 Å². The van der Waals surface area contributed by atoms with Gasteiger partial charge >= 0.3 is 5.97 Å². The van der Waals surface area contributed by atoms with Gasteiger partial charge in [0.15, 0.2) is 0 Å². The minimum absolute atomic E-state index is 0.0113. The molecule has 1 aromatic heterocycles. The van der Waals surface area contributed by atoms with Crippen molar-refractivity contribution in [2.45, 2.75) is 17.4 Å². The average molecular weight is 357 g/mol. The Balaban J connectivity index is 2.14. The highest BCUT2D eigenvalue weighted by Crippen LogP contribution is 2.17. The van der Waals surface area contributed by atoms with Gasteiger partial charge in [-0.15, -0.1) is 0 Å². The van der Waals surface area contributed by atoms with Crippen LogP contribution in [0, 0.1) is 0 Å². The molecule has 0 aliphatic heterocycles. The second-order valence-electron chi connectivity index (χ2n) is 4.60. The predicted molar refractivity (Wildman–Crippen MR) is 83.5 cm³/mol. The number of sulfonamides is 1. The Morgan fingerprint density at radius 2 is 1.83 bits per heavy atom. The lowest BCUT2D eigenvalue weighted by molar-refractivity contribution is -0.137. The zero-order chi connectivity index (χ0) is 17.0. The summed E-state index contributed by atoms with van der Waals surface area (Å²) in [6, 6.07) is 4.83. The van der Waals surface area contributed by atoms with Crippen LogP contribution in [0.1, 0.15) is 18.0 Å². The molecule has 1 aromatic carbocycles. The molecule has 0 aliphatic rings. The van der Waals surface area contributed by atoms with Crippen molar-refractivity contribution in [1.82, 2.24) is 9.97 Å². The first-order valence-corrected chi connectivity index (χ1v) is 8.22. The third-order valence-corrected chi connectivity index (χ3v) is 4.44. The largest absolute Gasteiger partial charge is 0.481 e. The van der Waals surface area contributed by atoms with Crippen LogP contribution in [0.25, 0.3) is 0 Å². The molecule has 1 atom stereocenters. The molecule has 23 heavy (non-hydrogen) atoms. The van der Waals surface area contributed by atoms with Crippen molar-refractivity contribution < 1.29 is 18.3 Å². The molecular weight excluding hydrogens is 344 g/mol. The molecular formula is C13H13ClN4O4S. The molecule has 0 radical (unpaired) electrons. The number of aliphatic carboxylic acids is 1. The molecule has 2 rings (SSSR count). The molecule has 0 spiro atoms. The Bertz CT molecular complexity index is 794. The number of hydrogen-bond acceptors (Lipinski definition) is 6. The number of nitrogens with one attached hydrogen (secondary N) is 1. The van der Waals surface area contributed by atoms with E-state index in [0.29, 0.717) is 10.6 Å². The molecule has 0 amide bonds. The Morgan fingerprint density at radius 3 is 2.35 bits per heavy atom. The van der Waals surface area contributed by atoms with Gasteiger partial charge < -0.3 is 10.8 Å². The lowest BCUT2D eigenvalue weighted by atomic mass is 10.1. The van der Waals surface area contributed by atoms with Gasteiger partial charge in [-0.25, -0.2) is 23.1 Å². The third-order valence-electron chi connectivity index (χ3n) is 2.84. The van der Waals surface area contributed by atoms with E-state index in [1.54, 1.807) is 0 Å². The Labute approximate surface area is 137 Å². The maximum absolute atomic E-state index is 12.1. The van der Waals surface area contributed by atoms with Gasteiger partial charge in [-0.3, -0.25) is 4.79 Å². The highest BCUT2D eigenvalue weighted by atomic mass is 35.5. The van der Waals surface area contributed by atoms with Crippen LogP contribution < -0.4 is 10.5 Å². The number of carboxylic acid groups (broad SMARTS) is 1. The number of rotatable bonds is 6. The van der Waals surface area contributed by atoms with E-state index in [0.717, 1.165) is 0 Å². The molecule has 8 nitrogen and oxygen atoms in total. The van der Waals surface area contributed by atoms with Crippen LogP contribution >= 0.6 is 11.6 Å². The molecule has 2 aromatic rings. The molecule has 0 saturated carbocycles. The Kier molecular flexibility index (Phi) is 5.14. The highest BCUT2D eigenvalue weighted by molar-refractivity contribution is 7.92. The molecule has 0 saturated heterocycles. The Hall–Kier alpha value is -2.23. The number of nitrogens with two attached hydrogens (primary N) is 1. The van der Waals surface area contributed by atoms with Crippen molar-refractivity contribution in [3.05, 3.63) is 47.2 Å². The van der Waals surface area contributed by atoms with Crippen molar-refractivity contribution in [1.29, 1.82) is 0 Å². The van der Waals surface area contributed by atoms with Gasteiger partial charge in [0.05, 0.1) is 11.3 Å². The van der Waals surface area contributed by atoms with Gasteiger partial charge in [0.25, 0.3) is 10.0 Å². The maximum atomic E-state index is 12.1. The average Bonchev–Trinajstić information content (AvgIpc) is 2.47. The lowest BCUT2D eigenvalue weighted by Gasteiger charge is -2.10. The molecule has 4 N–H and O–H groups in total. The minimum Gasteiger partial charge on any atom is -0.481 e. The number of hydrogen-bond donors (Lipinski definition) is 3. The van der Waals surface area contributed by atoms with Crippen LogP contribution in [0.15, 0.2) is 41.6 Å². The first kappa shape index (κ1) is 17.1. The summed E-state index contributed by atoms with van der Waals surface area (Å²) in [4.78, 5) is 18.3. The quantitative estimate of drug-likeness (QED) is 0.711. The number of nitrogens with zero attached hydrogens (tertiary/aromatic N) is 2. The van der Waals surface area contributed by atoms with E-state index in [1.165, 1.54) is 36.7 Å². The predicted octanol–water partition coefficient (Wildman–Crippen LogP) is 1.41. The maximum Gasteiger partial charge on any atom is 0.305 e. The second-order valence-corrected chi connectivity index (χ2v) is 6.72. The molecule has 0 fully saturated rings. The van der Waals surface area contributed by atoms with Gasteiger partial charge in [0, 0.05) is 29.0 Å². The van der Waals surface area contributed by atoms with Crippen molar-refractivity contribution in [3.8, 4) is 0 Å². The standard InChI is InChI=1S/C13H13ClN4O4S/c14-9-1-3-10(4-2-9)23(21,22)18-13-16-6-8(7-17-13)11(15)5-12(19)20/h1-4,6-7,11H,5,15H2,(H,19,20)(H,16,17,18). The summed E-state index contributed by atoms with van der Waals surface area (Å²) in [5, 5.41) is 9.09. The minimum atomic E-state index is -3.84. The van der Waals surface area contributed by atoms with Gasteiger partial charge in [0.1, 0.15) is 0 Å². The number of aromatic nitrogens is 2. The molecule has 0 aliphatic carbocycles. The van der Waals surface area contributed by atoms with Crippen molar-refractivity contribution in [3.63, 3.8) is 0 Å².